The van der Waals surface area contributed by atoms with Gasteiger partial charge >= 0.3 is 0 Å². The van der Waals surface area contributed by atoms with Crippen molar-refractivity contribution in [3.05, 3.63) is 50.2 Å². The van der Waals surface area contributed by atoms with Gasteiger partial charge in [0.25, 0.3) is 5.56 Å². The highest BCUT2D eigenvalue weighted by Gasteiger charge is 2.19. The lowest BCUT2D eigenvalue weighted by Gasteiger charge is -2.19. The van der Waals surface area contributed by atoms with E-state index >= 15 is 0 Å². The van der Waals surface area contributed by atoms with Crippen LogP contribution >= 0.6 is 15.9 Å². The van der Waals surface area contributed by atoms with E-state index in [4.69, 9.17) is 9.84 Å². The van der Waals surface area contributed by atoms with Gasteiger partial charge in [0.1, 0.15) is 22.7 Å². The predicted molar refractivity (Wildman–Crippen MR) is 98.9 cm³/mol. The van der Waals surface area contributed by atoms with Gasteiger partial charge in [0.05, 0.1) is 12.7 Å². The van der Waals surface area contributed by atoms with Gasteiger partial charge in [0, 0.05) is 24.2 Å². The molecule has 7 nitrogen and oxygen atoms in total. The van der Waals surface area contributed by atoms with Crippen LogP contribution in [0.4, 0.5) is 14.7 Å². The predicted octanol–water partition coefficient (Wildman–Crippen LogP) is 2.21. The molecule has 0 aliphatic carbocycles. The summed E-state index contributed by atoms with van der Waals surface area (Å²) in [6.07, 6.45) is -1.04. The molecular weight excluding hydrogens is 428 g/mol. The molecule has 1 aromatic heterocycles. The van der Waals surface area contributed by atoms with Gasteiger partial charge in [0.2, 0.25) is 11.8 Å². The van der Waals surface area contributed by atoms with E-state index in [2.05, 4.69) is 26.2 Å². The number of hydrogen-bond donors (Lipinski definition) is 3. The Morgan fingerprint density at radius 1 is 1.37 bits per heavy atom. The first-order chi connectivity index (χ1) is 12.7. The first-order valence-corrected chi connectivity index (χ1v) is 8.95. The fraction of sp³-hybridized carbons (Fsp3) is 0.412. The van der Waals surface area contributed by atoms with E-state index in [-0.39, 0.29) is 41.1 Å². The highest BCUT2D eigenvalue weighted by atomic mass is 79.9. The van der Waals surface area contributed by atoms with Crippen LogP contribution < -0.4 is 15.6 Å². The Hall–Kier alpha value is -2.04. The topological polar surface area (TPSA) is 96.6 Å². The zero-order valence-electron chi connectivity index (χ0n) is 14.7. The zero-order chi connectivity index (χ0) is 20.1. The third-order valence-corrected chi connectivity index (χ3v) is 4.31. The second kappa shape index (κ2) is 9.25. The first kappa shape index (κ1) is 21.3. The lowest BCUT2D eigenvalue weighted by Crippen LogP contribution is -2.31. The number of aliphatic hydroxyl groups is 2. The van der Waals surface area contributed by atoms with Crippen LogP contribution in [0.5, 0.6) is 5.88 Å². The number of aliphatic hydroxyl groups excluding tert-OH is 2. The number of benzene rings is 1. The van der Waals surface area contributed by atoms with E-state index in [0.29, 0.717) is 0 Å². The summed E-state index contributed by atoms with van der Waals surface area (Å²) in [6.45, 7) is 2.79. The van der Waals surface area contributed by atoms with Crippen LogP contribution in [0.25, 0.3) is 0 Å². The molecule has 0 saturated carbocycles. The molecule has 0 unspecified atom stereocenters. The minimum atomic E-state index is -1.04. The van der Waals surface area contributed by atoms with Crippen LogP contribution in [0.15, 0.2) is 27.5 Å². The molecule has 148 valence electrons. The van der Waals surface area contributed by atoms with Gasteiger partial charge in [-0.2, -0.15) is 4.98 Å². The number of ether oxygens (including phenoxy) is 1. The summed E-state index contributed by atoms with van der Waals surface area (Å²) in [5.41, 5.74) is -0.334. The van der Waals surface area contributed by atoms with Gasteiger partial charge < -0.3 is 20.3 Å². The van der Waals surface area contributed by atoms with E-state index in [1.807, 2.05) is 0 Å². The van der Waals surface area contributed by atoms with Crippen molar-refractivity contribution in [3.8, 4) is 5.88 Å². The molecular formula is C17H20BrF2N3O4. The molecule has 0 aliphatic heterocycles. The van der Waals surface area contributed by atoms with Gasteiger partial charge in [-0.05, 0) is 41.9 Å². The van der Waals surface area contributed by atoms with Crippen molar-refractivity contribution in [2.45, 2.75) is 32.6 Å². The number of rotatable bonds is 8. The smallest absolute Gasteiger partial charge is 0.273 e. The summed E-state index contributed by atoms with van der Waals surface area (Å²) in [7, 11) is 0. The Morgan fingerprint density at radius 2 is 2.07 bits per heavy atom. The van der Waals surface area contributed by atoms with E-state index in [0.717, 1.165) is 12.1 Å². The van der Waals surface area contributed by atoms with Crippen LogP contribution in [0.1, 0.15) is 25.5 Å². The monoisotopic (exact) mass is 447 g/mol. The van der Waals surface area contributed by atoms with Crippen molar-refractivity contribution in [3.63, 3.8) is 0 Å². The quantitative estimate of drug-likeness (QED) is 0.573. The molecule has 0 saturated heterocycles. The van der Waals surface area contributed by atoms with Crippen molar-refractivity contribution in [1.82, 2.24) is 9.55 Å². The van der Waals surface area contributed by atoms with Gasteiger partial charge in [-0.15, -0.1) is 0 Å². The van der Waals surface area contributed by atoms with Crippen LogP contribution in [0.2, 0.25) is 0 Å². The van der Waals surface area contributed by atoms with Crippen molar-refractivity contribution >= 4 is 21.9 Å². The molecule has 10 heteroatoms. The lowest BCUT2D eigenvalue weighted by molar-refractivity contribution is 0.105. The maximum absolute atomic E-state index is 13.7. The molecule has 0 spiro atoms. The zero-order valence-corrected chi connectivity index (χ0v) is 16.3. The summed E-state index contributed by atoms with van der Waals surface area (Å²) in [4.78, 5) is 16.8. The number of hydrogen-bond acceptors (Lipinski definition) is 6. The molecule has 0 radical (unpaired) electrons. The number of nitrogens with one attached hydrogen (secondary N) is 1. The normalized spacial score (nSPS) is 12.3. The number of nitrogens with zero attached hydrogens (tertiary/aromatic N) is 2. The molecule has 1 atom stereocenters. The SMILES string of the molecule is CC(C)n1c(NC[C@H](O)CO)nc(OCc2ccc(F)cc2F)c(Br)c1=O. The van der Waals surface area contributed by atoms with Gasteiger partial charge in [0.15, 0.2) is 0 Å². The third kappa shape index (κ3) is 5.24. The molecule has 27 heavy (non-hydrogen) atoms. The molecule has 2 aromatic rings. The number of aromatic nitrogens is 2. The Kier molecular flexibility index (Phi) is 7.28. The second-order valence-corrected chi connectivity index (χ2v) is 6.86. The lowest BCUT2D eigenvalue weighted by atomic mass is 10.2. The summed E-state index contributed by atoms with van der Waals surface area (Å²) in [6, 6.07) is 2.83. The fourth-order valence-corrected chi connectivity index (χ4v) is 2.64. The highest BCUT2D eigenvalue weighted by Crippen LogP contribution is 2.24. The first-order valence-electron chi connectivity index (χ1n) is 8.16. The van der Waals surface area contributed by atoms with E-state index in [1.165, 1.54) is 10.6 Å². The van der Waals surface area contributed by atoms with Crippen molar-refractivity contribution in [1.29, 1.82) is 0 Å². The third-order valence-electron chi connectivity index (χ3n) is 3.63. The van der Waals surface area contributed by atoms with Crippen LogP contribution in [-0.4, -0.2) is 39.0 Å². The molecule has 1 aromatic carbocycles. The van der Waals surface area contributed by atoms with Gasteiger partial charge in [-0.25, -0.2) is 8.78 Å². The molecule has 0 bridgehead atoms. The maximum Gasteiger partial charge on any atom is 0.273 e. The molecule has 1 heterocycles. The molecule has 0 amide bonds. The maximum atomic E-state index is 13.7. The van der Waals surface area contributed by atoms with Crippen molar-refractivity contribution < 1.29 is 23.7 Å². The minimum absolute atomic E-state index is 0.0384. The van der Waals surface area contributed by atoms with Crippen molar-refractivity contribution in [2.75, 3.05) is 18.5 Å². The summed E-state index contributed by atoms with van der Waals surface area (Å²) in [5.74, 6) is -1.43. The highest BCUT2D eigenvalue weighted by molar-refractivity contribution is 9.10. The molecule has 0 aliphatic rings. The van der Waals surface area contributed by atoms with Gasteiger partial charge in [-0.1, -0.05) is 0 Å². The Bertz CT molecular complexity index is 861. The Balaban J connectivity index is 2.32. The number of halogens is 3. The van der Waals surface area contributed by atoms with Gasteiger partial charge in [-0.3, -0.25) is 9.36 Å². The average molecular weight is 448 g/mol. The minimum Gasteiger partial charge on any atom is -0.472 e. The summed E-state index contributed by atoms with van der Waals surface area (Å²) in [5, 5.41) is 21.2. The van der Waals surface area contributed by atoms with E-state index in [1.54, 1.807) is 13.8 Å². The molecule has 2 rings (SSSR count). The second-order valence-electron chi connectivity index (χ2n) is 6.07. The van der Waals surface area contributed by atoms with Crippen molar-refractivity contribution in [2.24, 2.45) is 0 Å². The average Bonchev–Trinajstić information content (AvgIpc) is 2.61. The Morgan fingerprint density at radius 3 is 2.67 bits per heavy atom. The van der Waals surface area contributed by atoms with Crippen LogP contribution in [0.3, 0.4) is 0 Å². The fourth-order valence-electron chi connectivity index (χ4n) is 2.25. The summed E-state index contributed by atoms with van der Waals surface area (Å²) >= 11 is 3.14. The largest absolute Gasteiger partial charge is 0.472 e. The summed E-state index contributed by atoms with van der Waals surface area (Å²) < 4.78 is 33.6. The van der Waals surface area contributed by atoms with E-state index < -0.39 is 29.9 Å². The molecule has 0 fully saturated rings. The van der Waals surface area contributed by atoms with Crippen LogP contribution in [0, 0.1) is 11.6 Å². The Labute approximate surface area is 162 Å². The van der Waals surface area contributed by atoms with E-state index in [9.17, 15) is 18.7 Å². The van der Waals surface area contributed by atoms with Crippen LogP contribution in [-0.2, 0) is 6.61 Å². The molecule has 3 N–H and O–H groups in total. The standard InChI is InChI=1S/C17H20BrF2N3O4/c1-9(2)23-16(26)14(18)15(22-17(23)21-6-12(25)7-24)27-8-10-3-4-11(19)5-13(10)20/h3-5,9,12,24-25H,6-8H2,1-2H3,(H,21,22)/t12-/m0/s1. The number of anilines is 1.